The fraction of sp³-hybridized carbons (Fsp3) is 0.286. The van der Waals surface area contributed by atoms with Crippen molar-refractivity contribution in [3.05, 3.63) is 17.3 Å². The van der Waals surface area contributed by atoms with Crippen LogP contribution in [-0.2, 0) is 6.42 Å². The lowest BCUT2D eigenvalue weighted by atomic mass is 9.86. The monoisotopic (exact) mass is 167 g/mol. The molecule has 1 aromatic rings. The summed E-state index contributed by atoms with van der Waals surface area (Å²) in [6, 6.07) is 1.58. The quantitative estimate of drug-likeness (QED) is 0.402. The Kier molecular flexibility index (Phi) is 2.67. The number of aromatic amines is 1. The first-order valence-electron chi connectivity index (χ1n) is 3.72. The number of aldehydes is 1. The van der Waals surface area contributed by atoms with Gasteiger partial charge in [-0.25, -0.2) is 0 Å². The van der Waals surface area contributed by atoms with Gasteiger partial charge in [-0.05, 0) is 18.1 Å². The Morgan fingerprint density at radius 3 is 2.67 bits per heavy atom. The van der Waals surface area contributed by atoms with E-state index >= 15 is 0 Å². The smallest absolute Gasteiger partial charge is 0.422 e. The molecular weight excluding hydrogens is 157 g/mol. The van der Waals surface area contributed by atoms with Crippen molar-refractivity contribution in [1.29, 1.82) is 0 Å². The predicted molar refractivity (Wildman–Crippen MR) is 45.4 cm³/mol. The fourth-order valence-electron chi connectivity index (χ4n) is 1.07. The summed E-state index contributed by atoms with van der Waals surface area (Å²) in [6.45, 7) is 1.89. The molecule has 0 radical (unpaired) electrons. The van der Waals surface area contributed by atoms with E-state index in [0.717, 1.165) is 5.56 Å². The average molecular weight is 167 g/mol. The van der Waals surface area contributed by atoms with E-state index < -0.39 is 7.12 Å². The molecule has 0 atom stereocenters. The minimum Gasteiger partial charge on any atom is -0.422 e. The zero-order chi connectivity index (χ0) is 9.14. The molecule has 0 bridgehead atoms. The summed E-state index contributed by atoms with van der Waals surface area (Å²) in [5.74, 6) is 0. The van der Waals surface area contributed by atoms with Gasteiger partial charge in [-0.1, -0.05) is 6.92 Å². The molecule has 3 N–H and O–H groups in total. The molecule has 64 valence electrons. The number of carbonyl (C=O) groups excluding carboxylic acids is 1. The molecule has 0 aliphatic heterocycles. The van der Waals surface area contributed by atoms with Gasteiger partial charge >= 0.3 is 7.12 Å². The van der Waals surface area contributed by atoms with E-state index in [2.05, 4.69) is 4.98 Å². The summed E-state index contributed by atoms with van der Waals surface area (Å²) in [6.07, 6.45) is 1.36. The SMILES string of the molecule is CCc1cc(B(O)O)[nH]c1C=O. The van der Waals surface area contributed by atoms with Crippen molar-refractivity contribution in [3.63, 3.8) is 0 Å². The topological polar surface area (TPSA) is 73.3 Å². The van der Waals surface area contributed by atoms with Crippen LogP contribution in [0.1, 0.15) is 23.0 Å². The minimum absolute atomic E-state index is 0.258. The third-order valence-corrected chi connectivity index (χ3v) is 1.73. The number of rotatable bonds is 3. The molecule has 1 aromatic heterocycles. The maximum absolute atomic E-state index is 10.4. The van der Waals surface area contributed by atoms with E-state index in [9.17, 15) is 4.79 Å². The van der Waals surface area contributed by atoms with Crippen LogP contribution in [0.3, 0.4) is 0 Å². The molecular formula is C7H10BNO3. The number of nitrogens with one attached hydrogen (secondary N) is 1. The molecule has 0 aromatic carbocycles. The van der Waals surface area contributed by atoms with Crippen molar-refractivity contribution in [2.45, 2.75) is 13.3 Å². The lowest BCUT2D eigenvalue weighted by Crippen LogP contribution is -2.30. The first-order chi connectivity index (χ1) is 5.69. The van der Waals surface area contributed by atoms with E-state index in [1.165, 1.54) is 0 Å². The highest BCUT2D eigenvalue weighted by Crippen LogP contribution is 2.02. The van der Waals surface area contributed by atoms with Crippen LogP contribution in [0.2, 0.25) is 0 Å². The maximum atomic E-state index is 10.4. The number of aryl methyl sites for hydroxylation is 1. The second-order valence-corrected chi connectivity index (χ2v) is 2.51. The first kappa shape index (κ1) is 9.03. The van der Waals surface area contributed by atoms with Crippen molar-refractivity contribution < 1.29 is 14.8 Å². The lowest BCUT2D eigenvalue weighted by Gasteiger charge is -1.90. The van der Waals surface area contributed by atoms with Gasteiger partial charge in [0.15, 0.2) is 6.29 Å². The zero-order valence-corrected chi connectivity index (χ0v) is 6.74. The van der Waals surface area contributed by atoms with Crippen LogP contribution in [0.5, 0.6) is 0 Å². The first-order valence-corrected chi connectivity index (χ1v) is 3.72. The largest absolute Gasteiger partial charge is 0.505 e. The second-order valence-electron chi connectivity index (χ2n) is 2.51. The van der Waals surface area contributed by atoms with Gasteiger partial charge in [0.2, 0.25) is 0 Å². The van der Waals surface area contributed by atoms with E-state index in [4.69, 9.17) is 10.0 Å². The summed E-state index contributed by atoms with van der Waals surface area (Å²) in [4.78, 5) is 13.0. The van der Waals surface area contributed by atoms with Crippen LogP contribution in [-0.4, -0.2) is 28.4 Å². The van der Waals surface area contributed by atoms with Crippen molar-refractivity contribution in [2.75, 3.05) is 0 Å². The van der Waals surface area contributed by atoms with Gasteiger partial charge in [0.25, 0.3) is 0 Å². The minimum atomic E-state index is -1.54. The molecule has 0 aliphatic carbocycles. The van der Waals surface area contributed by atoms with E-state index in [1.54, 1.807) is 6.07 Å². The summed E-state index contributed by atoms with van der Waals surface area (Å²) in [7, 11) is -1.54. The third kappa shape index (κ3) is 1.57. The Labute approximate surface area is 70.4 Å². The molecule has 0 spiro atoms. The molecule has 1 rings (SSSR count). The Bertz CT molecular complexity index is 282. The number of H-pyrrole nitrogens is 1. The maximum Gasteiger partial charge on any atom is 0.505 e. The number of carbonyl (C=O) groups is 1. The van der Waals surface area contributed by atoms with Crippen LogP contribution in [0.25, 0.3) is 0 Å². The Morgan fingerprint density at radius 2 is 2.33 bits per heavy atom. The van der Waals surface area contributed by atoms with Gasteiger partial charge in [-0.2, -0.15) is 0 Å². The van der Waals surface area contributed by atoms with Crippen LogP contribution in [0, 0.1) is 0 Å². The highest BCUT2D eigenvalue weighted by molar-refractivity contribution is 6.57. The van der Waals surface area contributed by atoms with Crippen LogP contribution in [0.4, 0.5) is 0 Å². The van der Waals surface area contributed by atoms with Gasteiger partial charge in [0.05, 0.1) is 5.69 Å². The molecule has 0 saturated heterocycles. The van der Waals surface area contributed by atoms with Crippen LogP contribution in [0.15, 0.2) is 6.07 Å². The molecule has 0 saturated carbocycles. The Hall–Kier alpha value is -1.07. The summed E-state index contributed by atoms with van der Waals surface area (Å²) in [5, 5.41) is 17.5. The fourth-order valence-corrected chi connectivity index (χ4v) is 1.07. The Balaban J connectivity index is 3.05. The lowest BCUT2D eigenvalue weighted by molar-refractivity contribution is 0.111. The number of hydrogen-bond donors (Lipinski definition) is 3. The highest BCUT2D eigenvalue weighted by Gasteiger charge is 2.15. The zero-order valence-electron chi connectivity index (χ0n) is 6.74. The van der Waals surface area contributed by atoms with Gasteiger partial charge in [0, 0.05) is 5.59 Å². The van der Waals surface area contributed by atoms with Gasteiger partial charge in [0.1, 0.15) is 0 Å². The number of aromatic nitrogens is 1. The highest BCUT2D eigenvalue weighted by atomic mass is 16.4. The standard InChI is InChI=1S/C7H10BNO3/c1-2-5-3-7(8(11)12)9-6(5)4-10/h3-4,9,11-12H,2H2,1H3. The number of hydrogen-bond acceptors (Lipinski definition) is 3. The molecule has 0 fully saturated rings. The van der Waals surface area contributed by atoms with E-state index in [1.807, 2.05) is 6.92 Å². The van der Waals surface area contributed by atoms with E-state index in [0.29, 0.717) is 18.4 Å². The summed E-state index contributed by atoms with van der Waals surface area (Å²) in [5.41, 5.74) is 1.47. The molecule has 4 nitrogen and oxygen atoms in total. The normalized spacial score (nSPS) is 9.92. The summed E-state index contributed by atoms with van der Waals surface area (Å²) < 4.78 is 0. The molecule has 0 unspecified atom stereocenters. The van der Waals surface area contributed by atoms with Crippen molar-refractivity contribution >= 4 is 19.0 Å². The molecule has 0 amide bonds. The van der Waals surface area contributed by atoms with Crippen molar-refractivity contribution in [1.82, 2.24) is 4.98 Å². The van der Waals surface area contributed by atoms with Gasteiger partial charge < -0.3 is 15.0 Å². The molecule has 12 heavy (non-hydrogen) atoms. The predicted octanol–water partition coefficient (Wildman–Crippen LogP) is -0.931. The Morgan fingerprint density at radius 1 is 1.67 bits per heavy atom. The van der Waals surface area contributed by atoms with Crippen LogP contribution >= 0.6 is 0 Å². The molecule has 0 aliphatic rings. The average Bonchev–Trinajstić information content (AvgIpc) is 2.46. The van der Waals surface area contributed by atoms with E-state index in [-0.39, 0.29) is 5.59 Å². The third-order valence-electron chi connectivity index (χ3n) is 1.73. The van der Waals surface area contributed by atoms with Crippen molar-refractivity contribution in [2.24, 2.45) is 0 Å². The van der Waals surface area contributed by atoms with Crippen molar-refractivity contribution in [3.8, 4) is 0 Å². The van der Waals surface area contributed by atoms with Gasteiger partial charge in [-0.15, -0.1) is 0 Å². The van der Waals surface area contributed by atoms with Crippen LogP contribution < -0.4 is 5.59 Å². The summed E-state index contributed by atoms with van der Waals surface area (Å²) >= 11 is 0. The molecule has 5 heteroatoms. The molecule has 1 heterocycles. The van der Waals surface area contributed by atoms with Gasteiger partial charge in [-0.3, -0.25) is 4.79 Å². The second kappa shape index (κ2) is 3.56.